The number of para-hydroxylation sites is 1. The lowest BCUT2D eigenvalue weighted by Gasteiger charge is -2.35. The van der Waals surface area contributed by atoms with Gasteiger partial charge in [0.2, 0.25) is 10.0 Å². The average Bonchev–Trinajstić information content (AvgIpc) is 3.14. The Balaban J connectivity index is 1.38. The fourth-order valence-electron chi connectivity index (χ4n) is 4.32. The van der Waals surface area contributed by atoms with Crippen LogP contribution in [0.25, 0.3) is 0 Å². The first-order valence-electron chi connectivity index (χ1n) is 11.3. The van der Waals surface area contributed by atoms with E-state index in [4.69, 9.17) is 0 Å². The second-order valence-electron chi connectivity index (χ2n) is 8.44. The molecule has 2 amide bonds. The number of carbonyl (C=O) groups excluding carboxylic acids is 2. The molecule has 2 heterocycles. The zero-order valence-corrected chi connectivity index (χ0v) is 19.3. The van der Waals surface area contributed by atoms with Crippen LogP contribution in [0.15, 0.2) is 53.4 Å². The molecule has 0 spiro atoms. The normalized spacial score (nSPS) is 18.1. The molecule has 0 aromatic heterocycles. The molecule has 176 valence electrons. The molecular weight excluding hydrogens is 442 g/mol. The number of aromatic hydroxyl groups is 1. The average molecular weight is 472 g/mol. The van der Waals surface area contributed by atoms with E-state index in [1.165, 1.54) is 22.5 Å². The van der Waals surface area contributed by atoms with Crippen LogP contribution in [0, 0.1) is 0 Å². The van der Waals surface area contributed by atoms with Gasteiger partial charge in [-0.15, -0.1) is 0 Å². The summed E-state index contributed by atoms with van der Waals surface area (Å²) < 4.78 is 27.4. The van der Waals surface area contributed by atoms with Crippen molar-refractivity contribution < 1.29 is 23.1 Å². The molecular formula is C24H29N3O5S. The Labute approximate surface area is 194 Å². The van der Waals surface area contributed by atoms with Crippen LogP contribution in [0.3, 0.4) is 0 Å². The van der Waals surface area contributed by atoms with Crippen LogP contribution in [0.4, 0.5) is 0 Å². The maximum atomic E-state index is 12.9. The molecule has 0 radical (unpaired) electrons. The standard InChI is InChI=1S/C24H29N3O5S/c28-22-8-4-3-7-21(22)24(30)26-17-15-25(16-18-26)23(29)19-9-11-20(12-10-19)33(31,32)27-13-5-1-2-6-14-27/h3-4,7-12,28H,1-2,5-6,13-18H2. The lowest BCUT2D eigenvalue weighted by Crippen LogP contribution is -2.50. The molecule has 0 unspecified atom stereocenters. The van der Waals surface area contributed by atoms with Gasteiger partial charge in [-0.3, -0.25) is 9.59 Å². The predicted molar refractivity (Wildman–Crippen MR) is 124 cm³/mol. The monoisotopic (exact) mass is 471 g/mol. The summed E-state index contributed by atoms with van der Waals surface area (Å²) in [7, 11) is -3.56. The second kappa shape index (κ2) is 9.93. The van der Waals surface area contributed by atoms with E-state index >= 15 is 0 Å². The van der Waals surface area contributed by atoms with Crippen molar-refractivity contribution in [2.75, 3.05) is 39.3 Å². The highest BCUT2D eigenvalue weighted by molar-refractivity contribution is 7.89. The second-order valence-corrected chi connectivity index (χ2v) is 10.4. The van der Waals surface area contributed by atoms with Gasteiger partial charge in [-0.25, -0.2) is 8.42 Å². The first-order valence-corrected chi connectivity index (χ1v) is 12.8. The number of phenolic OH excluding ortho intramolecular Hbond substituents is 1. The lowest BCUT2D eigenvalue weighted by molar-refractivity contribution is 0.0533. The van der Waals surface area contributed by atoms with Crippen molar-refractivity contribution in [2.24, 2.45) is 0 Å². The zero-order chi connectivity index (χ0) is 23.4. The summed E-state index contributed by atoms with van der Waals surface area (Å²) >= 11 is 0. The van der Waals surface area contributed by atoms with Gasteiger partial charge in [-0.1, -0.05) is 25.0 Å². The number of hydrogen-bond acceptors (Lipinski definition) is 5. The third-order valence-corrected chi connectivity index (χ3v) is 8.21. The fraction of sp³-hybridized carbons (Fsp3) is 0.417. The SMILES string of the molecule is O=C(c1ccc(S(=O)(=O)N2CCCCCC2)cc1)N1CCN(C(=O)c2ccccc2O)CC1. The maximum absolute atomic E-state index is 12.9. The molecule has 2 aliphatic heterocycles. The van der Waals surface area contributed by atoms with E-state index in [0.717, 1.165) is 25.7 Å². The van der Waals surface area contributed by atoms with Gasteiger partial charge in [-0.05, 0) is 49.2 Å². The molecule has 2 aliphatic rings. The zero-order valence-electron chi connectivity index (χ0n) is 18.5. The first-order chi connectivity index (χ1) is 15.9. The van der Waals surface area contributed by atoms with Crippen molar-refractivity contribution in [1.29, 1.82) is 0 Å². The molecule has 4 rings (SSSR count). The molecule has 0 atom stereocenters. The van der Waals surface area contributed by atoms with Crippen LogP contribution in [0.2, 0.25) is 0 Å². The Hall–Kier alpha value is -2.91. The first kappa shape index (κ1) is 23.3. The number of sulfonamides is 1. The van der Waals surface area contributed by atoms with Crippen LogP contribution >= 0.6 is 0 Å². The van der Waals surface area contributed by atoms with Gasteiger partial charge in [0.1, 0.15) is 5.75 Å². The number of hydrogen-bond donors (Lipinski definition) is 1. The van der Waals surface area contributed by atoms with Crippen molar-refractivity contribution in [1.82, 2.24) is 14.1 Å². The Bertz CT molecular complexity index is 1100. The van der Waals surface area contributed by atoms with Crippen molar-refractivity contribution in [3.8, 4) is 5.75 Å². The molecule has 0 saturated carbocycles. The summed E-state index contributed by atoms with van der Waals surface area (Å²) in [5.74, 6) is -0.511. The highest BCUT2D eigenvalue weighted by atomic mass is 32.2. The quantitative estimate of drug-likeness (QED) is 0.739. The van der Waals surface area contributed by atoms with E-state index in [1.54, 1.807) is 40.1 Å². The van der Waals surface area contributed by atoms with Crippen LogP contribution in [0.5, 0.6) is 5.75 Å². The van der Waals surface area contributed by atoms with Gasteiger partial charge in [0, 0.05) is 44.8 Å². The summed E-state index contributed by atoms with van der Waals surface area (Å²) in [6.45, 7) is 2.53. The number of nitrogens with zero attached hydrogens (tertiary/aromatic N) is 3. The highest BCUT2D eigenvalue weighted by Crippen LogP contribution is 2.22. The Kier molecular flexibility index (Phi) is 6.99. The van der Waals surface area contributed by atoms with Crippen LogP contribution < -0.4 is 0 Å². The summed E-state index contributed by atoms with van der Waals surface area (Å²) in [6, 6.07) is 12.5. The fourth-order valence-corrected chi connectivity index (χ4v) is 5.84. The number of phenols is 1. The van der Waals surface area contributed by atoms with E-state index in [-0.39, 0.29) is 28.0 Å². The molecule has 1 N–H and O–H groups in total. The molecule has 9 heteroatoms. The minimum atomic E-state index is -3.56. The largest absolute Gasteiger partial charge is 0.507 e. The number of rotatable bonds is 4. The van der Waals surface area contributed by atoms with E-state index in [1.807, 2.05) is 0 Å². The molecule has 33 heavy (non-hydrogen) atoms. The number of carbonyl (C=O) groups is 2. The Morgan fingerprint density at radius 1 is 0.697 bits per heavy atom. The highest BCUT2D eigenvalue weighted by Gasteiger charge is 2.28. The molecule has 0 bridgehead atoms. The third-order valence-electron chi connectivity index (χ3n) is 6.29. The minimum Gasteiger partial charge on any atom is -0.507 e. The van der Waals surface area contributed by atoms with E-state index < -0.39 is 10.0 Å². The topological polar surface area (TPSA) is 98.2 Å². The summed E-state index contributed by atoms with van der Waals surface area (Å²) in [5, 5.41) is 9.92. The van der Waals surface area contributed by atoms with Gasteiger partial charge in [-0.2, -0.15) is 4.31 Å². The van der Waals surface area contributed by atoms with Crippen LogP contribution in [0.1, 0.15) is 46.4 Å². The molecule has 2 fully saturated rings. The smallest absolute Gasteiger partial charge is 0.257 e. The summed E-state index contributed by atoms with van der Waals surface area (Å²) in [4.78, 5) is 29.1. The van der Waals surface area contributed by atoms with E-state index in [0.29, 0.717) is 44.8 Å². The Morgan fingerprint density at radius 2 is 1.24 bits per heavy atom. The number of amides is 2. The van der Waals surface area contributed by atoms with Crippen molar-refractivity contribution in [2.45, 2.75) is 30.6 Å². The van der Waals surface area contributed by atoms with Gasteiger partial charge in [0.15, 0.2) is 0 Å². The molecule has 2 saturated heterocycles. The maximum Gasteiger partial charge on any atom is 0.257 e. The molecule has 2 aromatic carbocycles. The lowest BCUT2D eigenvalue weighted by atomic mass is 10.1. The van der Waals surface area contributed by atoms with Crippen LogP contribution in [-0.4, -0.2) is 78.7 Å². The predicted octanol–water partition coefficient (Wildman–Crippen LogP) is 2.56. The molecule has 8 nitrogen and oxygen atoms in total. The number of benzene rings is 2. The van der Waals surface area contributed by atoms with Crippen molar-refractivity contribution in [3.63, 3.8) is 0 Å². The Morgan fingerprint density at radius 3 is 1.82 bits per heavy atom. The van der Waals surface area contributed by atoms with Gasteiger partial charge >= 0.3 is 0 Å². The number of piperazine rings is 1. The van der Waals surface area contributed by atoms with Crippen LogP contribution in [-0.2, 0) is 10.0 Å². The van der Waals surface area contributed by atoms with Crippen molar-refractivity contribution >= 4 is 21.8 Å². The minimum absolute atomic E-state index is 0.0591. The van der Waals surface area contributed by atoms with Gasteiger partial charge in [0.05, 0.1) is 10.5 Å². The van der Waals surface area contributed by atoms with Gasteiger partial charge < -0.3 is 14.9 Å². The van der Waals surface area contributed by atoms with Crippen molar-refractivity contribution in [3.05, 3.63) is 59.7 Å². The molecule has 2 aromatic rings. The van der Waals surface area contributed by atoms with E-state index in [2.05, 4.69) is 0 Å². The third kappa shape index (κ3) is 5.04. The molecule has 0 aliphatic carbocycles. The summed E-state index contributed by atoms with van der Waals surface area (Å²) in [5.41, 5.74) is 0.670. The van der Waals surface area contributed by atoms with E-state index in [9.17, 15) is 23.1 Å². The summed E-state index contributed by atoms with van der Waals surface area (Å²) in [6.07, 6.45) is 3.83. The van der Waals surface area contributed by atoms with Gasteiger partial charge in [0.25, 0.3) is 11.8 Å².